The smallest absolute Gasteiger partial charge is 0.233 e. The van der Waals surface area contributed by atoms with Gasteiger partial charge in [-0.25, -0.2) is 0 Å². The van der Waals surface area contributed by atoms with E-state index in [0.717, 1.165) is 25.3 Å². The minimum absolute atomic E-state index is 0. The van der Waals surface area contributed by atoms with Crippen LogP contribution in [0.3, 0.4) is 0 Å². The standard InChI is InChI=1S/C23H30N4O2.HI/c1-3-24-23(25-11-10-16-6-4-15(2)5-7-16)26-12-13-27-21(28)19-17-8-9-18(14-17)20(19)22(27)29;/h4-9,17-20H,3,10-14H2,1-2H3,(H2,24,25,26);1H. The number of hydrogen-bond donors (Lipinski definition) is 2. The SMILES string of the molecule is CCNC(=NCCc1ccc(C)cc1)NCCN1C(=O)C2C3C=CC(C3)C2C1=O.I. The lowest BCUT2D eigenvalue weighted by Crippen LogP contribution is -2.43. The summed E-state index contributed by atoms with van der Waals surface area (Å²) in [5.74, 6) is 1.04. The van der Waals surface area contributed by atoms with Gasteiger partial charge in [0.25, 0.3) is 0 Å². The van der Waals surface area contributed by atoms with E-state index in [1.54, 1.807) is 0 Å². The number of allylic oxidation sites excluding steroid dienone is 2. The molecule has 1 saturated carbocycles. The molecule has 0 spiro atoms. The van der Waals surface area contributed by atoms with Crippen LogP contribution < -0.4 is 10.6 Å². The Bertz CT molecular complexity index is 806. The second-order valence-electron chi connectivity index (χ2n) is 8.25. The molecule has 1 aromatic carbocycles. The number of nitrogens with one attached hydrogen (secondary N) is 2. The molecule has 6 nitrogen and oxygen atoms in total. The van der Waals surface area contributed by atoms with Crippen molar-refractivity contribution in [1.29, 1.82) is 0 Å². The quantitative estimate of drug-likeness (QED) is 0.190. The Morgan fingerprint density at radius 3 is 2.30 bits per heavy atom. The van der Waals surface area contributed by atoms with Crippen LogP contribution in [0.1, 0.15) is 24.5 Å². The van der Waals surface area contributed by atoms with E-state index in [9.17, 15) is 9.59 Å². The highest BCUT2D eigenvalue weighted by molar-refractivity contribution is 14.0. The van der Waals surface area contributed by atoms with Crippen LogP contribution in [0, 0.1) is 30.6 Å². The molecular weight excluding hydrogens is 491 g/mol. The fourth-order valence-electron chi connectivity index (χ4n) is 4.86. The van der Waals surface area contributed by atoms with Crippen molar-refractivity contribution in [3.8, 4) is 0 Å². The van der Waals surface area contributed by atoms with Crippen molar-refractivity contribution in [1.82, 2.24) is 15.5 Å². The molecule has 2 aliphatic carbocycles. The Labute approximate surface area is 195 Å². The number of carbonyl (C=O) groups excluding carboxylic acids is 2. The second-order valence-corrected chi connectivity index (χ2v) is 8.25. The minimum atomic E-state index is -0.117. The molecule has 2 N–H and O–H groups in total. The maximum Gasteiger partial charge on any atom is 0.233 e. The van der Waals surface area contributed by atoms with E-state index in [-0.39, 0.29) is 59.5 Å². The van der Waals surface area contributed by atoms with Crippen LogP contribution in [0.25, 0.3) is 0 Å². The molecule has 1 saturated heterocycles. The van der Waals surface area contributed by atoms with Gasteiger partial charge in [-0.05, 0) is 44.1 Å². The van der Waals surface area contributed by atoms with Crippen LogP contribution >= 0.6 is 24.0 Å². The average Bonchev–Trinajstić information content (AvgIpc) is 3.39. The fourth-order valence-corrected chi connectivity index (χ4v) is 4.86. The van der Waals surface area contributed by atoms with Gasteiger partial charge in [0.05, 0.1) is 11.8 Å². The number of guanidine groups is 1. The maximum atomic E-state index is 12.7. The molecule has 4 rings (SSSR count). The summed E-state index contributed by atoms with van der Waals surface area (Å²) in [6.45, 7) is 6.45. The number of likely N-dealkylation sites (tertiary alicyclic amines) is 1. The van der Waals surface area contributed by atoms with Gasteiger partial charge in [0.15, 0.2) is 5.96 Å². The zero-order chi connectivity index (χ0) is 20.4. The largest absolute Gasteiger partial charge is 0.357 e. The molecule has 3 aliphatic rings. The van der Waals surface area contributed by atoms with Crippen LogP contribution in [0.5, 0.6) is 0 Å². The summed E-state index contributed by atoms with van der Waals surface area (Å²) in [6.07, 6.45) is 6.10. The molecule has 4 atom stereocenters. The third-order valence-electron chi connectivity index (χ3n) is 6.32. The van der Waals surface area contributed by atoms with Crippen LogP contribution in [0.4, 0.5) is 0 Å². The number of nitrogens with zero attached hydrogens (tertiary/aromatic N) is 2. The summed E-state index contributed by atoms with van der Waals surface area (Å²) >= 11 is 0. The number of fused-ring (bicyclic) bond motifs is 5. The van der Waals surface area contributed by atoms with Gasteiger partial charge >= 0.3 is 0 Å². The molecule has 30 heavy (non-hydrogen) atoms. The Morgan fingerprint density at radius 2 is 1.70 bits per heavy atom. The number of halogens is 1. The first-order valence-corrected chi connectivity index (χ1v) is 10.7. The molecule has 7 heteroatoms. The molecule has 1 aliphatic heterocycles. The van der Waals surface area contributed by atoms with E-state index in [4.69, 9.17) is 0 Å². The van der Waals surface area contributed by atoms with Gasteiger partial charge < -0.3 is 10.6 Å². The normalized spacial score (nSPS) is 26.7. The molecule has 2 bridgehead atoms. The summed E-state index contributed by atoms with van der Waals surface area (Å²) in [5.41, 5.74) is 2.52. The minimum Gasteiger partial charge on any atom is -0.357 e. The van der Waals surface area contributed by atoms with Crippen molar-refractivity contribution in [2.75, 3.05) is 26.2 Å². The predicted octanol–water partition coefficient (Wildman–Crippen LogP) is 2.52. The van der Waals surface area contributed by atoms with Crippen LogP contribution in [-0.4, -0.2) is 48.9 Å². The average molecular weight is 522 g/mol. The van der Waals surface area contributed by atoms with Gasteiger partial charge in [0.2, 0.25) is 11.8 Å². The van der Waals surface area contributed by atoms with Crippen LogP contribution in [0.2, 0.25) is 0 Å². The molecule has 2 amide bonds. The third kappa shape index (κ3) is 4.55. The first-order chi connectivity index (χ1) is 14.1. The summed E-state index contributed by atoms with van der Waals surface area (Å²) in [7, 11) is 0. The first-order valence-electron chi connectivity index (χ1n) is 10.7. The lowest BCUT2D eigenvalue weighted by molar-refractivity contribution is -0.140. The van der Waals surface area contributed by atoms with Crippen LogP contribution in [-0.2, 0) is 16.0 Å². The molecule has 4 unspecified atom stereocenters. The summed E-state index contributed by atoms with van der Waals surface area (Å²) in [6, 6.07) is 8.50. The van der Waals surface area contributed by atoms with E-state index >= 15 is 0 Å². The zero-order valence-electron chi connectivity index (χ0n) is 17.6. The van der Waals surface area contributed by atoms with Crippen molar-refractivity contribution in [3.63, 3.8) is 0 Å². The summed E-state index contributed by atoms with van der Waals surface area (Å²) in [4.78, 5) is 31.6. The fraction of sp³-hybridized carbons (Fsp3) is 0.522. The van der Waals surface area contributed by atoms with Gasteiger partial charge in [0.1, 0.15) is 0 Å². The van der Waals surface area contributed by atoms with Crippen LogP contribution in [0.15, 0.2) is 41.4 Å². The highest BCUT2D eigenvalue weighted by atomic mass is 127. The summed E-state index contributed by atoms with van der Waals surface area (Å²) in [5, 5.41) is 6.50. The molecule has 1 aromatic rings. The summed E-state index contributed by atoms with van der Waals surface area (Å²) < 4.78 is 0. The number of carbonyl (C=O) groups is 2. The van der Waals surface area contributed by atoms with Crippen molar-refractivity contribution in [2.45, 2.75) is 26.7 Å². The zero-order valence-corrected chi connectivity index (χ0v) is 20.0. The highest BCUT2D eigenvalue weighted by Gasteiger charge is 2.58. The van der Waals surface area contributed by atoms with Gasteiger partial charge in [-0.15, -0.1) is 24.0 Å². The van der Waals surface area contributed by atoms with Crippen molar-refractivity contribution >= 4 is 41.8 Å². The third-order valence-corrected chi connectivity index (χ3v) is 6.32. The lowest BCUT2D eigenvalue weighted by Gasteiger charge is -2.18. The Morgan fingerprint density at radius 1 is 1.07 bits per heavy atom. The molecular formula is C23H31IN4O2. The lowest BCUT2D eigenvalue weighted by atomic mass is 9.85. The number of aliphatic imine (C=N–C) groups is 1. The van der Waals surface area contributed by atoms with Gasteiger partial charge in [0, 0.05) is 26.2 Å². The van der Waals surface area contributed by atoms with Crippen molar-refractivity contribution in [3.05, 3.63) is 47.5 Å². The van der Waals surface area contributed by atoms with E-state index in [2.05, 4.69) is 59.0 Å². The number of aryl methyl sites for hydroxylation is 1. The second kappa shape index (κ2) is 9.94. The van der Waals surface area contributed by atoms with E-state index < -0.39 is 0 Å². The van der Waals surface area contributed by atoms with Crippen molar-refractivity contribution < 1.29 is 9.59 Å². The maximum absolute atomic E-state index is 12.7. The Balaban J connectivity index is 0.00000256. The monoisotopic (exact) mass is 522 g/mol. The highest BCUT2D eigenvalue weighted by Crippen LogP contribution is 2.52. The van der Waals surface area contributed by atoms with E-state index in [0.29, 0.717) is 19.6 Å². The molecule has 2 fully saturated rings. The molecule has 162 valence electrons. The predicted molar refractivity (Wildman–Crippen MR) is 129 cm³/mol. The number of rotatable bonds is 7. The topological polar surface area (TPSA) is 73.8 Å². The van der Waals surface area contributed by atoms with Crippen molar-refractivity contribution in [2.24, 2.45) is 28.7 Å². The number of imide groups is 1. The Hall–Kier alpha value is -1.90. The Kier molecular flexibility index (Phi) is 7.55. The van der Waals surface area contributed by atoms with Gasteiger partial charge in [-0.2, -0.15) is 0 Å². The van der Waals surface area contributed by atoms with Gasteiger partial charge in [-0.1, -0.05) is 42.0 Å². The number of benzene rings is 1. The molecule has 0 aromatic heterocycles. The van der Waals surface area contributed by atoms with E-state index in [1.807, 2.05) is 6.92 Å². The molecule has 1 heterocycles. The first kappa shape index (κ1) is 22.8. The van der Waals surface area contributed by atoms with Gasteiger partial charge in [-0.3, -0.25) is 19.5 Å². The number of hydrogen-bond acceptors (Lipinski definition) is 3. The van der Waals surface area contributed by atoms with E-state index in [1.165, 1.54) is 16.0 Å². The number of amides is 2. The molecule has 0 radical (unpaired) electrons.